The first-order valence-corrected chi connectivity index (χ1v) is 9.12. The van der Waals surface area contributed by atoms with Gasteiger partial charge < -0.3 is 9.47 Å². The second-order valence-electron chi connectivity index (χ2n) is 7.01. The minimum atomic E-state index is -0.00488. The van der Waals surface area contributed by atoms with E-state index in [2.05, 4.69) is 14.5 Å². The van der Waals surface area contributed by atoms with Crippen LogP contribution >= 0.6 is 0 Å². The highest BCUT2D eigenvalue weighted by Gasteiger charge is 2.32. The van der Waals surface area contributed by atoms with Crippen molar-refractivity contribution in [2.75, 3.05) is 13.1 Å². The molecule has 0 saturated carbocycles. The molecular weight excluding hydrogens is 338 g/mol. The van der Waals surface area contributed by atoms with Crippen LogP contribution in [0, 0.1) is 0 Å². The van der Waals surface area contributed by atoms with Crippen LogP contribution in [0.15, 0.2) is 55.0 Å². The molecule has 1 aliphatic heterocycles. The maximum Gasteiger partial charge on any atom is 0.273 e. The average molecular weight is 357 g/mol. The van der Waals surface area contributed by atoms with E-state index in [1.54, 1.807) is 12.4 Å². The van der Waals surface area contributed by atoms with E-state index in [1.165, 1.54) is 0 Å². The van der Waals surface area contributed by atoms with Gasteiger partial charge in [-0.05, 0) is 23.9 Å². The van der Waals surface area contributed by atoms with E-state index in [0.717, 1.165) is 40.6 Å². The number of amides is 1. The van der Waals surface area contributed by atoms with Crippen molar-refractivity contribution in [3.63, 3.8) is 0 Å². The van der Waals surface area contributed by atoms with Gasteiger partial charge in [-0.2, -0.15) is 0 Å². The Bertz CT molecular complexity index is 1160. The summed E-state index contributed by atoms with van der Waals surface area (Å²) < 4.78 is 2.09. The van der Waals surface area contributed by atoms with E-state index in [1.807, 2.05) is 54.5 Å². The predicted octanol–water partition coefficient (Wildman–Crippen LogP) is 3.15. The molecule has 4 aromatic rings. The summed E-state index contributed by atoms with van der Waals surface area (Å²) in [5.74, 6) is 1.23. The molecule has 0 bridgehead atoms. The lowest BCUT2D eigenvalue weighted by molar-refractivity contribution is 0.0787. The number of aryl methyl sites for hydroxylation is 1. The van der Waals surface area contributed by atoms with Crippen LogP contribution in [0.5, 0.6) is 0 Å². The summed E-state index contributed by atoms with van der Waals surface area (Å²) in [5, 5.41) is 1.94. The first-order chi connectivity index (χ1) is 13.2. The first kappa shape index (κ1) is 15.9. The van der Waals surface area contributed by atoms with E-state index in [4.69, 9.17) is 4.98 Å². The molecule has 1 saturated heterocycles. The molecular formula is C21H19N5O. The Morgan fingerprint density at radius 1 is 1.15 bits per heavy atom. The number of pyridine rings is 2. The van der Waals surface area contributed by atoms with Gasteiger partial charge in [0.15, 0.2) is 0 Å². The lowest BCUT2D eigenvalue weighted by Crippen LogP contribution is -2.29. The molecule has 0 N–H and O–H groups in total. The van der Waals surface area contributed by atoms with Gasteiger partial charge in [0.05, 0.1) is 17.2 Å². The third-order valence-electron chi connectivity index (χ3n) is 5.43. The first-order valence-electron chi connectivity index (χ1n) is 9.12. The van der Waals surface area contributed by atoms with Crippen LogP contribution in [0.4, 0.5) is 0 Å². The molecule has 4 heterocycles. The van der Waals surface area contributed by atoms with Gasteiger partial charge in [0.1, 0.15) is 11.5 Å². The van der Waals surface area contributed by atoms with Crippen LogP contribution in [0.1, 0.15) is 28.7 Å². The summed E-state index contributed by atoms with van der Waals surface area (Å²) in [4.78, 5) is 28.4. The van der Waals surface area contributed by atoms with Crippen LogP contribution in [-0.4, -0.2) is 43.4 Å². The summed E-state index contributed by atoms with van der Waals surface area (Å²) in [5.41, 5.74) is 2.50. The number of nitrogens with zero attached hydrogens (tertiary/aromatic N) is 5. The van der Waals surface area contributed by atoms with Crippen molar-refractivity contribution < 1.29 is 4.79 Å². The van der Waals surface area contributed by atoms with Crippen molar-refractivity contribution in [3.8, 4) is 0 Å². The number of carbonyl (C=O) groups excluding carboxylic acids is 1. The molecule has 6 nitrogen and oxygen atoms in total. The van der Waals surface area contributed by atoms with Gasteiger partial charge >= 0.3 is 0 Å². The van der Waals surface area contributed by atoms with Crippen LogP contribution in [-0.2, 0) is 7.05 Å². The molecule has 1 fully saturated rings. The van der Waals surface area contributed by atoms with Gasteiger partial charge in [0.25, 0.3) is 5.91 Å². The Morgan fingerprint density at radius 2 is 2.04 bits per heavy atom. The number of hydrogen-bond donors (Lipinski definition) is 0. The molecule has 134 valence electrons. The van der Waals surface area contributed by atoms with E-state index < -0.39 is 0 Å². The van der Waals surface area contributed by atoms with Crippen LogP contribution in [0.2, 0.25) is 0 Å². The summed E-state index contributed by atoms with van der Waals surface area (Å²) in [6, 6.07) is 11.8. The topological polar surface area (TPSA) is 63.9 Å². The highest BCUT2D eigenvalue weighted by molar-refractivity contribution is 6.05. The van der Waals surface area contributed by atoms with Crippen molar-refractivity contribution in [2.24, 2.45) is 7.05 Å². The fourth-order valence-corrected chi connectivity index (χ4v) is 4.01. The SMILES string of the molecule is Cn1c([C@H]2CCN(C(=O)c3nccc4ccccc34)C2)nc2ccncc21. The molecule has 0 spiro atoms. The van der Waals surface area contributed by atoms with Crippen molar-refractivity contribution in [1.29, 1.82) is 0 Å². The summed E-state index contributed by atoms with van der Waals surface area (Å²) in [7, 11) is 2.02. The van der Waals surface area contributed by atoms with Crippen molar-refractivity contribution in [1.82, 2.24) is 24.4 Å². The second-order valence-corrected chi connectivity index (χ2v) is 7.01. The molecule has 3 aromatic heterocycles. The molecule has 27 heavy (non-hydrogen) atoms. The Hall–Kier alpha value is -3.28. The number of fused-ring (bicyclic) bond motifs is 2. The summed E-state index contributed by atoms with van der Waals surface area (Å²) >= 11 is 0. The van der Waals surface area contributed by atoms with E-state index in [9.17, 15) is 4.79 Å². The predicted molar refractivity (Wildman–Crippen MR) is 104 cm³/mol. The quantitative estimate of drug-likeness (QED) is 0.553. The number of aromatic nitrogens is 4. The average Bonchev–Trinajstić information content (AvgIpc) is 3.32. The number of likely N-dealkylation sites (tertiary alicyclic amines) is 1. The number of benzene rings is 1. The minimum Gasteiger partial charge on any atom is -0.337 e. The molecule has 1 aromatic carbocycles. The Kier molecular flexibility index (Phi) is 3.63. The molecule has 0 unspecified atom stereocenters. The van der Waals surface area contributed by atoms with Crippen molar-refractivity contribution in [3.05, 3.63) is 66.5 Å². The smallest absolute Gasteiger partial charge is 0.273 e. The van der Waals surface area contributed by atoms with E-state index in [0.29, 0.717) is 12.2 Å². The minimum absolute atomic E-state index is 0.00488. The van der Waals surface area contributed by atoms with Gasteiger partial charge in [-0.25, -0.2) is 4.98 Å². The van der Waals surface area contributed by atoms with Gasteiger partial charge in [-0.1, -0.05) is 24.3 Å². The van der Waals surface area contributed by atoms with Gasteiger partial charge in [0, 0.05) is 43.8 Å². The third-order valence-corrected chi connectivity index (χ3v) is 5.43. The highest BCUT2D eigenvalue weighted by atomic mass is 16.2. The molecule has 1 atom stereocenters. The third kappa shape index (κ3) is 2.56. The van der Waals surface area contributed by atoms with Gasteiger partial charge in [0.2, 0.25) is 0 Å². The Morgan fingerprint density at radius 3 is 2.93 bits per heavy atom. The Balaban J connectivity index is 1.44. The van der Waals surface area contributed by atoms with Gasteiger partial charge in [-0.3, -0.25) is 14.8 Å². The zero-order chi connectivity index (χ0) is 18.4. The maximum atomic E-state index is 13.1. The highest BCUT2D eigenvalue weighted by Crippen LogP contribution is 2.30. The molecule has 1 aliphatic rings. The van der Waals surface area contributed by atoms with E-state index in [-0.39, 0.29) is 11.8 Å². The Labute approximate surface area is 156 Å². The van der Waals surface area contributed by atoms with Crippen molar-refractivity contribution >= 4 is 27.7 Å². The summed E-state index contributed by atoms with van der Waals surface area (Å²) in [6.45, 7) is 1.38. The maximum absolute atomic E-state index is 13.1. The van der Waals surface area contributed by atoms with Crippen molar-refractivity contribution in [2.45, 2.75) is 12.3 Å². The fourth-order valence-electron chi connectivity index (χ4n) is 4.01. The zero-order valence-electron chi connectivity index (χ0n) is 15.0. The lowest BCUT2D eigenvalue weighted by atomic mass is 10.1. The summed E-state index contributed by atoms with van der Waals surface area (Å²) in [6.07, 6.45) is 6.21. The second kappa shape index (κ2) is 6.16. The number of hydrogen-bond acceptors (Lipinski definition) is 4. The van der Waals surface area contributed by atoms with Crippen LogP contribution in [0.3, 0.4) is 0 Å². The normalized spacial score (nSPS) is 17.1. The lowest BCUT2D eigenvalue weighted by Gasteiger charge is -2.17. The largest absolute Gasteiger partial charge is 0.337 e. The molecule has 0 aliphatic carbocycles. The molecule has 6 heteroatoms. The van der Waals surface area contributed by atoms with Crippen LogP contribution in [0.25, 0.3) is 21.8 Å². The fraction of sp³-hybridized carbons (Fsp3) is 0.238. The van der Waals surface area contributed by atoms with Gasteiger partial charge in [-0.15, -0.1) is 0 Å². The molecule has 0 radical (unpaired) electrons. The zero-order valence-corrected chi connectivity index (χ0v) is 15.0. The number of carbonyl (C=O) groups is 1. The standard InChI is InChI=1S/C21H19N5O/c1-25-18-12-22-9-7-17(18)24-20(25)15-8-11-26(13-15)21(27)19-16-5-3-2-4-14(16)6-10-23-19/h2-7,9-10,12,15H,8,11,13H2,1H3/t15-/m0/s1. The monoisotopic (exact) mass is 357 g/mol. The number of imidazole rings is 1. The molecule has 5 rings (SSSR count). The molecule has 1 amide bonds. The van der Waals surface area contributed by atoms with Crippen LogP contribution < -0.4 is 0 Å². The number of rotatable bonds is 2. The van der Waals surface area contributed by atoms with E-state index >= 15 is 0 Å².